The van der Waals surface area contributed by atoms with Gasteiger partial charge >= 0.3 is 455 Å². The first-order valence-electron chi connectivity index (χ1n) is 25.8. The van der Waals surface area contributed by atoms with Crippen LogP contribution in [0.1, 0.15) is 158 Å². The van der Waals surface area contributed by atoms with Crippen LogP contribution in [0.3, 0.4) is 0 Å². The second kappa shape index (κ2) is 21.1. The van der Waals surface area contributed by atoms with Crippen LogP contribution in [0.25, 0.3) is 84.6 Å². The predicted molar refractivity (Wildman–Crippen MR) is 312 cm³/mol. The van der Waals surface area contributed by atoms with Crippen LogP contribution in [-0.4, -0.2) is 59.2 Å². The Morgan fingerprint density at radius 3 is 1.04 bits per heavy atom. The molecule has 76 heavy (non-hydrogen) atoms. The van der Waals surface area contributed by atoms with E-state index in [4.69, 9.17) is 19.9 Å². The summed E-state index contributed by atoms with van der Waals surface area (Å²) in [6.45, 7) is 39.8. The summed E-state index contributed by atoms with van der Waals surface area (Å²) in [5, 5.41) is 23.8. The van der Waals surface area contributed by atoms with E-state index in [0.29, 0.717) is 11.5 Å². The Balaban J connectivity index is 0.00000420. The molecule has 6 aromatic carbocycles. The number of benzene rings is 6. The number of phenols is 2. The third-order valence-corrected chi connectivity index (χ3v) is 18.6. The summed E-state index contributed by atoms with van der Waals surface area (Å²) < 4.78 is 4.23. The second-order valence-corrected chi connectivity index (χ2v) is 30.7. The number of hydrogen-bond donors (Lipinski definition) is 2. The van der Waals surface area contributed by atoms with Gasteiger partial charge in [0.1, 0.15) is 0 Å². The number of aromatic nitrogens is 4. The fraction of sp³-hybridized carbons (Fsp3) is 0.364. The van der Waals surface area contributed by atoms with Gasteiger partial charge in [0.15, 0.2) is 0 Å². The van der Waals surface area contributed by atoms with Crippen LogP contribution in [0.15, 0.2) is 97.3 Å². The summed E-state index contributed by atoms with van der Waals surface area (Å²) in [6, 6.07) is 40.2. The monoisotopic (exact) mass is 1500 g/mol. The summed E-state index contributed by atoms with van der Waals surface area (Å²) in [4.78, 5) is 20.6. The molecule has 0 fully saturated rings. The molecule has 3 heterocycles. The zero-order valence-electron chi connectivity index (χ0n) is 47.4. The van der Waals surface area contributed by atoms with E-state index in [-0.39, 0.29) is 104 Å². The van der Waals surface area contributed by atoms with Gasteiger partial charge in [-0.05, 0) is 0 Å². The van der Waals surface area contributed by atoms with Gasteiger partial charge in [0, 0.05) is 42.1 Å². The van der Waals surface area contributed by atoms with Crippen molar-refractivity contribution in [2.75, 3.05) is 0 Å². The summed E-state index contributed by atoms with van der Waals surface area (Å²) in [5.41, 5.74) is 16.2. The van der Waals surface area contributed by atoms with Crippen molar-refractivity contribution in [3.63, 3.8) is 0 Å². The number of aromatic hydroxyl groups is 2. The molecule has 0 aliphatic carbocycles. The zero-order chi connectivity index (χ0) is 53.8. The molecule has 6 nitrogen and oxygen atoms in total. The molecule has 0 unspecified atom stereocenters. The molecule has 9 aromatic rings. The largest absolute Gasteiger partial charge is 0 e. The third kappa shape index (κ3) is 12.0. The van der Waals surface area contributed by atoms with Gasteiger partial charge in [-0.3, -0.25) is 0 Å². The molecule has 3 aromatic heterocycles. The Labute approximate surface area is 493 Å². The maximum Gasteiger partial charge on any atom is 0 e. The van der Waals surface area contributed by atoms with E-state index < -0.39 is 0 Å². The Morgan fingerprint density at radius 2 is 0.711 bits per heavy atom. The van der Waals surface area contributed by atoms with Gasteiger partial charge in [0.2, 0.25) is 0 Å². The minimum atomic E-state index is -0.245. The number of fused-ring (bicyclic) bond motifs is 2. The number of para-hydroxylation sites is 2. The molecule has 0 saturated carbocycles. The third-order valence-electron chi connectivity index (χ3n) is 14.1. The van der Waals surface area contributed by atoms with Gasteiger partial charge in [-0.1, -0.05) is 0 Å². The number of rotatable bonds is 6. The van der Waals surface area contributed by atoms with E-state index in [2.05, 4.69) is 228 Å². The van der Waals surface area contributed by atoms with Gasteiger partial charge in [0.25, 0.3) is 0 Å². The molecule has 0 radical (unpaired) electrons. The first-order valence-corrected chi connectivity index (χ1v) is 29.2. The zero-order valence-corrected chi connectivity index (χ0v) is 55.3. The molecule has 0 aliphatic rings. The van der Waals surface area contributed by atoms with E-state index in [1.165, 1.54) is 19.6 Å². The van der Waals surface area contributed by atoms with Gasteiger partial charge in [-0.25, -0.2) is 0 Å². The molecule has 9 rings (SSSR count). The average Bonchev–Trinajstić information content (AvgIpc) is 3.94. The van der Waals surface area contributed by atoms with Gasteiger partial charge in [-0.15, -0.1) is 0 Å². The van der Waals surface area contributed by atoms with Crippen molar-refractivity contribution in [2.24, 2.45) is 0 Å². The SMILES string of the molecule is CC(C)(C)c1cc(-c2cc(-c3[c-]c(-c4cccc5[se]c(-c6cc(C(C)(C)C)cc(C(C)(C)C)c6O)nc45)cc(C(C)(C)C)c3)ncn2)[c-]c(-c2cccc3[se]c(-c4cc(C(C)(C)C)cc(C(C)(C)C)c4O)nc23)c1.[Pt].[Pt]. The summed E-state index contributed by atoms with van der Waals surface area (Å²) in [7, 11) is 0. The predicted octanol–water partition coefficient (Wildman–Crippen LogP) is 16.5. The van der Waals surface area contributed by atoms with Crippen molar-refractivity contribution in [1.29, 1.82) is 0 Å². The van der Waals surface area contributed by atoms with Crippen molar-refractivity contribution < 1.29 is 52.3 Å². The van der Waals surface area contributed by atoms with E-state index in [1.807, 2.05) is 0 Å². The summed E-state index contributed by atoms with van der Waals surface area (Å²) in [6.07, 6.45) is 1.66. The quantitative estimate of drug-likeness (QED) is 0.127. The minimum absolute atomic E-state index is 0. The number of hydrogen-bond acceptors (Lipinski definition) is 6. The molecule has 10 heteroatoms. The van der Waals surface area contributed by atoms with E-state index in [1.54, 1.807) is 6.33 Å². The maximum atomic E-state index is 11.9. The minimum Gasteiger partial charge on any atom is 0 e. The molecule has 0 bridgehead atoms. The number of phenolic OH excluding ortho intramolecular Hbond substituents is 2. The Hall–Kier alpha value is -4.24. The molecule has 0 atom stereocenters. The van der Waals surface area contributed by atoms with Crippen molar-refractivity contribution >= 4 is 48.6 Å². The molecule has 0 spiro atoms. The van der Waals surface area contributed by atoms with Crippen molar-refractivity contribution in [3.05, 3.63) is 143 Å². The van der Waals surface area contributed by atoms with Crippen LogP contribution in [0.2, 0.25) is 0 Å². The first kappa shape index (κ1) is 59.4. The van der Waals surface area contributed by atoms with E-state index in [9.17, 15) is 10.2 Å². The summed E-state index contributed by atoms with van der Waals surface area (Å²) in [5.74, 6) is 0.650. The molecule has 0 saturated heterocycles. The Morgan fingerprint density at radius 1 is 0.382 bits per heavy atom. The van der Waals surface area contributed by atoms with Crippen LogP contribution in [0.4, 0.5) is 0 Å². The summed E-state index contributed by atoms with van der Waals surface area (Å²) >= 11 is -0.242. The van der Waals surface area contributed by atoms with Crippen LogP contribution in [0, 0.1) is 12.1 Å². The Kier molecular flexibility index (Phi) is 16.5. The van der Waals surface area contributed by atoms with Crippen molar-refractivity contribution in [3.8, 4) is 76.5 Å². The van der Waals surface area contributed by atoms with E-state index in [0.717, 1.165) is 98.3 Å². The fourth-order valence-corrected chi connectivity index (χ4v) is 13.6. The second-order valence-electron chi connectivity index (χ2n) is 26.4. The fourth-order valence-electron chi connectivity index (χ4n) is 9.39. The standard InChI is InChI=1S/C66H72N4O2Se2.2Pt/c1-61(2,3)41-27-37(45-21-19-23-53-55(45)69-59(73-53)47-31-43(63(7,8)9)33-49(57(47)71)65(13,14)15)25-39(29-41)51-35-52(68-36-67-51)40-26-38(28-42(30-40)62(4,5)6)46-22-20-24-54-56(46)70-60(74-54)48-32-44(64(10,11)12)34-50(58(48)72)66(16,17)18;;/h19-24,27-36,71-72H,1-18H3;;/q-2;;. The molecule has 0 amide bonds. The topological polar surface area (TPSA) is 92.0 Å². The van der Waals surface area contributed by atoms with Crippen LogP contribution in [0.5, 0.6) is 11.5 Å². The molecule has 402 valence electrons. The molecule has 0 aliphatic heterocycles. The van der Waals surface area contributed by atoms with Crippen LogP contribution >= 0.6 is 0 Å². The molecule has 2 N–H and O–H groups in total. The maximum absolute atomic E-state index is 11.9. The normalized spacial score (nSPS) is 12.8. The van der Waals surface area contributed by atoms with Crippen LogP contribution in [-0.2, 0) is 74.6 Å². The average molecular weight is 1500 g/mol. The van der Waals surface area contributed by atoms with Crippen molar-refractivity contribution in [1.82, 2.24) is 19.9 Å². The van der Waals surface area contributed by atoms with Crippen LogP contribution < -0.4 is 0 Å². The smallest absolute Gasteiger partial charge is 0 e. The van der Waals surface area contributed by atoms with Gasteiger partial charge in [-0.2, -0.15) is 0 Å². The first-order chi connectivity index (χ1) is 34.3. The molecular weight excluding hydrogens is 1430 g/mol. The molecular formula is C66H72N4O2Pt2Se2-2. The Bertz CT molecular complexity index is 3420. The van der Waals surface area contributed by atoms with Crippen molar-refractivity contribution in [2.45, 2.75) is 157 Å². The van der Waals surface area contributed by atoms with Gasteiger partial charge in [0.05, 0.1) is 0 Å². The van der Waals surface area contributed by atoms with E-state index >= 15 is 0 Å². The number of nitrogens with zero attached hydrogens (tertiary/aromatic N) is 4. The van der Waals surface area contributed by atoms with Gasteiger partial charge < -0.3 is 0 Å².